The average Bonchev–Trinajstić information content (AvgIpc) is 3.64. The summed E-state index contributed by atoms with van der Waals surface area (Å²) in [5.74, 6) is 0.0295. The van der Waals surface area contributed by atoms with Crippen molar-refractivity contribution in [2.75, 3.05) is 12.3 Å². The second-order valence-corrected chi connectivity index (χ2v) is 11.1. The van der Waals surface area contributed by atoms with E-state index in [4.69, 9.17) is 10.5 Å². The van der Waals surface area contributed by atoms with E-state index in [0.29, 0.717) is 17.5 Å². The van der Waals surface area contributed by atoms with Gasteiger partial charge in [0.2, 0.25) is 5.95 Å². The predicted molar refractivity (Wildman–Crippen MR) is 146 cm³/mol. The summed E-state index contributed by atoms with van der Waals surface area (Å²) in [6.07, 6.45) is 1.02. The molecule has 2 aliphatic rings. The van der Waals surface area contributed by atoms with E-state index in [-0.39, 0.29) is 18.1 Å². The number of hydrogen-bond acceptors (Lipinski definition) is 7. The molecule has 37 heavy (non-hydrogen) atoms. The first-order valence-corrected chi connectivity index (χ1v) is 13.4. The quantitative estimate of drug-likeness (QED) is 0.310. The maximum absolute atomic E-state index is 13.3. The molecule has 4 aromatic rings. The number of nitrogens with one attached hydrogen (secondary N) is 1. The number of aromatic amines is 1. The molecule has 6 rings (SSSR count). The van der Waals surface area contributed by atoms with Crippen LogP contribution in [0.2, 0.25) is 0 Å². The van der Waals surface area contributed by atoms with E-state index < -0.39 is 18.4 Å². The van der Waals surface area contributed by atoms with Gasteiger partial charge in [0.05, 0.1) is 18.1 Å². The molecule has 1 fully saturated rings. The molecule has 1 aliphatic carbocycles. The fourth-order valence-electron chi connectivity index (χ4n) is 5.94. The summed E-state index contributed by atoms with van der Waals surface area (Å²) in [4.78, 5) is 23.0. The number of hydrogen-bond donors (Lipinski definition) is 4. The molecule has 0 amide bonds. The number of benzene rings is 1. The minimum Gasteiger partial charge on any atom is -0.394 e. The van der Waals surface area contributed by atoms with Crippen molar-refractivity contribution >= 4 is 39.5 Å². The van der Waals surface area contributed by atoms with Crippen LogP contribution in [0.25, 0.3) is 32.6 Å². The normalized spacial score (nSPS) is 22.0. The van der Waals surface area contributed by atoms with E-state index in [1.165, 1.54) is 26.5 Å². The third-order valence-corrected chi connectivity index (χ3v) is 8.71. The summed E-state index contributed by atoms with van der Waals surface area (Å²) in [6, 6.07) is 12.7. The van der Waals surface area contributed by atoms with Crippen molar-refractivity contribution in [2.24, 2.45) is 0 Å². The number of anilines is 1. The number of ether oxygens (including phenoxy) is 1. The zero-order valence-corrected chi connectivity index (χ0v) is 21.6. The number of nitrogen functional groups attached to an aromatic ring is 1. The zero-order chi connectivity index (χ0) is 25.8. The minimum atomic E-state index is -0.805. The number of H-pyrrole nitrogens is 1. The van der Waals surface area contributed by atoms with E-state index in [2.05, 4.69) is 47.2 Å². The van der Waals surface area contributed by atoms with Crippen LogP contribution in [-0.2, 0) is 4.74 Å². The Morgan fingerprint density at radius 2 is 1.97 bits per heavy atom. The summed E-state index contributed by atoms with van der Waals surface area (Å²) in [5.41, 5.74) is 12.7. The van der Waals surface area contributed by atoms with Crippen LogP contribution in [0.1, 0.15) is 53.6 Å². The first-order valence-electron chi connectivity index (χ1n) is 12.6. The fraction of sp³-hybridized carbons (Fsp3) is 0.357. The zero-order valence-electron chi connectivity index (χ0n) is 20.8. The predicted octanol–water partition coefficient (Wildman–Crippen LogP) is 4.39. The number of nitrogens with two attached hydrogens (primary N) is 1. The van der Waals surface area contributed by atoms with E-state index in [1.807, 2.05) is 17.6 Å². The molecule has 1 aliphatic heterocycles. The van der Waals surface area contributed by atoms with Gasteiger partial charge in [-0.15, -0.1) is 11.3 Å². The van der Waals surface area contributed by atoms with Crippen LogP contribution in [-0.4, -0.2) is 43.6 Å². The van der Waals surface area contributed by atoms with E-state index in [9.17, 15) is 15.0 Å². The standard InChI is InChI=1S/C28H30N4O4S/c1-14-24(18-10-6-9-17(18)19-11-22(37-15(19)2)16-7-4-3-5-8-16)25-26(30-28(29)31-27(25)35)32(14)23-12-20(34)21(13-33)36-23/h3-5,7-8,11,20-21,23,33-34H,6,9-10,12-13H2,1-2H3,(H3,29,30,31,35)/t20-,21+,23+/m0/s1. The van der Waals surface area contributed by atoms with Gasteiger partial charge >= 0.3 is 0 Å². The molecule has 0 saturated carbocycles. The van der Waals surface area contributed by atoms with Gasteiger partial charge < -0.3 is 25.3 Å². The molecular formula is C28H30N4O4S. The minimum absolute atomic E-state index is 0.0295. The Labute approximate surface area is 218 Å². The number of aromatic nitrogens is 3. The maximum atomic E-state index is 13.3. The number of thiophene rings is 1. The number of allylic oxidation sites excluding steroid dienone is 2. The monoisotopic (exact) mass is 518 g/mol. The highest BCUT2D eigenvalue weighted by Gasteiger charge is 2.38. The third kappa shape index (κ3) is 3.93. The molecular weight excluding hydrogens is 488 g/mol. The Morgan fingerprint density at radius 3 is 2.70 bits per heavy atom. The molecule has 1 aromatic carbocycles. The van der Waals surface area contributed by atoms with Gasteiger partial charge in [0.1, 0.15) is 12.3 Å². The Kier molecular flexibility index (Phi) is 6.03. The van der Waals surface area contributed by atoms with Gasteiger partial charge in [0.15, 0.2) is 5.65 Å². The number of aliphatic hydroxyl groups excluding tert-OH is 2. The summed E-state index contributed by atoms with van der Waals surface area (Å²) in [5, 5.41) is 20.5. The highest BCUT2D eigenvalue weighted by molar-refractivity contribution is 7.15. The van der Waals surface area contributed by atoms with Crippen LogP contribution in [0.3, 0.4) is 0 Å². The second-order valence-electron chi connectivity index (χ2n) is 9.85. The van der Waals surface area contributed by atoms with Gasteiger partial charge in [0, 0.05) is 27.4 Å². The number of nitrogens with zero attached hydrogens (tertiary/aromatic N) is 2. The van der Waals surface area contributed by atoms with Gasteiger partial charge in [-0.2, -0.15) is 4.98 Å². The highest BCUT2D eigenvalue weighted by Crippen LogP contribution is 2.47. The molecule has 0 radical (unpaired) electrons. The molecule has 1 saturated heterocycles. The topological polar surface area (TPSA) is 126 Å². The smallest absolute Gasteiger partial charge is 0.262 e. The number of rotatable bonds is 5. The molecule has 4 heterocycles. The molecule has 5 N–H and O–H groups in total. The highest BCUT2D eigenvalue weighted by atomic mass is 32.1. The van der Waals surface area contributed by atoms with Crippen LogP contribution >= 0.6 is 11.3 Å². The Morgan fingerprint density at radius 1 is 1.22 bits per heavy atom. The van der Waals surface area contributed by atoms with E-state index >= 15 is 0 Å². The SMILES string of the molecule is Cc1sc(-c2ccccc2)cc1C1=C(c2c(C)n([C@H]3C[C@H](O)[C@@H](CO)O3)c3nc(N)[nH]c(=O)c23)CCC1. The van der Waals surface area contributed by atoms with Crippen molar-refractivity contribution < 1.29 is 14.9 Å². The van der Waals surface area contributed by atoms with Crippen molar-refractivity contribution in [3.05, 3.63) is 68.4 Å². The van der Waals surface area contributed by atoms with Crippen molar-refractivity contribution in [3.63, 3.8) is 0 Å². The maximum Gasteiger partial charge on any atom is 0.262 e. The van der Waals surface area contributed by atoms with Crippen LogP contribution in [0.4, 0.5) is 5.95 Å². The molecule has 0 bridgehead atoms. The lowest BCUT2D eigenvalue weighted by Gasteiger charge is -2.17. The van der Waals surface area contributed by atoms with E-state index in [0.717, 1.165) is 36.1 Å². The number of fused-ring (bicyclic) bond motifs is 1. The lowest BCUT2D eigenvalue weighted by molar-refractivity contribution is -0.0436. The summed E-state index contributed by atoms with van der Waals surface area (Å²) >= 11 is 1.79. The van der Waals surface area contributed by atoms with Crippen LogP contribution in [0.5, 0.6) is 0 Å². The summed E-state index contributed by atoms with van der Waals surface area (Å²) in [6.45, 7) is 3.84. The van der Waals surface area contributed by atoms with Gasteiger partial charge in [-0.3, -0.25) is 9.78 Å². The molecule has 3 atom stereocenters. The third-order valence-electron chi connectivity index (χ3n) is 7.61. The Hall–Kier alpha value is -3.24. The fourth-order valence-corrected chi connectivity index (χ4v) is 6.99. The largest absolute Gasteiger partial charge is 0.394 e. The lowest BCUT2D eigenvalue weighted by atomic mass is 9.95. The molecule has 3 aromatic heterocycles. The van der Waals surface area contributed by atoms with E-state index in [1.54, 1.807) is 11.3 Å². The first-order chi connectivity index (χ1) is 17.9. The molecule has 0 spiro atoms. The Balaban J connectivity index is 1.55. The molecule has 9 heteroatoms. The molecule has 0 unspecified atom stereocenters. The van der Waals surface area contributed by atoms with Gasteiger partial charge in [-0.05, 0) is 61.4 Å². The van der Waals surface area contributed by atoms with Crippen LogP contribution in [0.15, 0.2) is 41.2 Å². The van der Waals surface area contributed by atoms with Gasteiger partial charge in [0.25, 0.3) is 5.56 Å². The number of aryl methyl sites for hydroxylation is 1. The lowest BCUT2D eigenvalue weighted by Crippen LogP contribution is -2.24. The summed E-state index contributed by atoms with van der Waals surface area (Å²) in [7, 11) is 0. The summed E-state index contributed by atoms with van der Waals surface area (Å²) < 4.78 is 7.86. The van der Waals surface area contributed by atoms with Crippen molar-refractivity contribution in [2.45, 2.75) is 58.0 Å². The Bertz CT molecular complexity index is 1580. The van der Waals surface area contributed by atoms with Gasteiger partial charge in [-0.1, -0.05) is 30.3 Å². The molecule has 192 valence electrons. The number of aliphatic hydroxyl groups is 2. The van der Waals surface area contributed by atoms with Crippen molar-refractivity contribution in [3.8, 4) is 10.4 Å². The van der Waals surface area contributed by atoms with Gasteiger partial charge in [-0.25, -0.2) is 0 Å². The average molecular weight is 519 g/mol. The molecule has 8 nitrogen and oxygen atoms in total. The van der Waals surface area contributed by atoms with Crippen LogP contribution in [0, 0.1) is 13.8 Å². The van der Waals surface area contributed by atoms with Crippen molar-refractivity contribution in [1.29, 1.82) is 0 Å². The van der Waals surface area contributed by atoms with Crippen LogP contribution < -0.4 is 11.3 Å². The first kappa shape index (κ1) is 24.1. The second kappa shape index (κ2) is 9.25. The van der Waals surface area contributed by atoms with Crippen molar-refractivity contribution in [1.82, 2.24) is 14.5 Å².